The number of carbonyl (C=O) groups is 3. The van der Waals surface area contributed by atoms with Crippen LogP contribution in [0.2, 0.25) is 0 Å². The molecule has 204 valence electrons. The van der Waals surface area contributed by atoms with E-state index in [1.165, 1.54) is 6.08 Å². The SMILES string of the molecule is O=C1C(=C/C=C/C=C/C=C/C2=C(O)c3cc4ccccc4c(-c4ccccc4)c3C2=O)C(=O)c2cc3ccccc3cc21. The van der Waals surface area contributed by atoms with E-state index in [9.17, 15) is 19.5 Å². The zero-order chi connectivity index (χ0) is 29.5. The van der Waals surface area contributed by atoms with Crippen molar-refractivity contribution in [2.75, 3.05) is 0 Å². The maximum Gasteiger partial charge on any atom is 0.198 e. The lowest BCUT2D eigenvalue weighted by atomic mass is 9.89. The molecule has 0 fully saturated rings. The van der Waals surface area contributed by atoms with Gasteiger partial charge in [0, 0.05) is 27.8 Å². The minimum atomic E-state index is -0.275. The van der Waals surface area contributed by atoms with Gasteiger partial charge in [0.25, 0.3) is 0 Å². The largest absolute Gasteiger partial charge is 0.507 e. The van der Waals surface area contributed by atoms with Gasteiger partial charge in [-0.25, -0.2) is 0 Å². The first-order valence-electron chi connectivity index (χ1n) is 14.0. The zero-order valence-corrected chi connectivity index (χ0v) is 23.0. The molecule has 0 radical (unpaired) electrons. The number of fused-ring (bicyclic) bond motifs is 4. The zero-order valence-electron chi connectivity index (χ0n) is 23.0. The second kappa shape index (κ2) is 10.5. The molecule has 0 amide bonds. The fourth-order valence-corrected chi connectivity index (χ4v) is 5.87. The molecule has 4 nitrogen and oxygen atoms in total. The Balaban J connectivity index is 1.12. The van der Waals surface area contributed by atoms with E-state index in [1.54, 1.807) is 48.6 Å². The summed E-state index contributed by atoms with van der Waals surface area (Å²) in [5, 5.41) is 14.8. The van der Waals surface area contributed by atoms with Crippen LogP contribution < -0.4 is 0 Å². The Kier molecular flexibility index (Phi) is 6.37. The number of benzene rings is 5. The van der Waals surface area contributed by atoms with Crippen molar-refractivity contribution < 1.29 is 19.5 Å². The van der Waals surface area contributed by atoms with E-state index in [0.717, 1.165) is 32.7 Å². The lowest BCUT2D eigenvalue weighted by molar-refractivity contribution is 0.0986. The van der Waals surface area contributed by atoms with Crippen LogP contribution in [-0.2, 0) is 0 Å². The maximum absolute atomic E-state index is 13.6. The summed E-state index contributed by atoms with van der Waals surface area (Å²) in [5.41, 5.74) is 3.97. The molecule has 0 heterocycles. The van der Waals surface area contributed by atoms with Crippen LogP contribution in [0.4, 0.5) is 0 Å². The van der Waals surface area contributed by atoms with Crippen LogP contribution in [0, 0.1) is 0 Å². The van der Waals surface area contributed by atoms with Crippen molar-refractivity contribution in [3.05, 3.63) is 173 Å². The third-order valence-corrected chi connectivity index (χ3v) is 7.93. The summed E-state index contributed by atoms with van der Waals surface area (Å²) in [7, 11) is 0. The smallest absolute Gasteiger partial charge is 0.198 e. The highest BCUT2D eigenvalue weighted by Gasteiger charge is 2.33. The Labute approximate surface area is 247 Å². The van der Waals surface area contributed by atoms with Gasteiger partial charge in [0.2, 0.25) is 0 Å². The fourth-order valence-electron chi connectivity index (χ4n) is 5.87. The Morgan fingerprint density at radius 1 is 0.512 bits per heavy atom. The van der Waals surface area contributed by atoms with E-state index in [0.29, 0.717) is 22.3 Å². The molecule has 4 heteroatoms. The molecular formula is C39H24O4. The topological polar surface area (TPSA) is 71.4 Å². The van der Waals surface area contributed by atoms with Crippen molar-refractivity contribution >= 4 is 44.7 Å². The number of hydrogen-bond acceptors (Lipinski definition) is 4. The van der Waals surface area contributed by atoms with Gasteiger partial charge in [-0.2, -0.15) is 0 Å². The molecule has 0 bridgehead atoms. The number of allylic oxidation sites excluding steroid dienone is 9. The Bertz CT molecular complexity index is 2120. The molecule has 0 aromatic heterocycles. The van der Waals surface area contributed by atoms with Gasteiger partial charge in [0.1, 0.15) is 5.76 Å². The quantitative estimate of drug-likeness (QED) is 0.133. The van der Waals surface area contributed by atoms with Crippen LogP contribution in [0.15, 0.2) is 151 Å². The van der Waals surface area contributed by atoms with Crippen molar-refractivity contribution in [2.24, 2.45) is 0 Å². The molecule has 2 aliphatic carbocycles. The van der Waals surface area contributed by atoms with E-state index < -0.39 is 0 Å². The van der Waals surface area contributed by atoms with Crippen LogP contribution in [0.5, 0.6) is 0 Å². The van der Waals surface area contributed by atoms with Gasteiger partial charge >= 0.3 is 0 Å². The molecule has 0 atom stereocenters. The highest BCUT2D eigenvalue weighted by atomic mass is 16.3. The monoisotopic (exact) mass is 556 g/mol. The standard InChI is InChI=1S/C39H24O4/c40-36-29(37(41)32-22-26-16-10-9-15-25(26)21-31(32)36)19-7-2-1-3-8-20-30-38(42)33-23-27-17-11-12-18-28(27)34(35(33)39(30)43)24-13-5-4-6-14-24/h1-23,42H/b3-1+,7-2+,20-8+. The van der Waals surface area contributed by atoms with Crippen molar-refractivity contribution in [3.63, 3.8) is 0 Å². The number of aliphatic hydroxyl groups is 1. The Morgan fingerprint density at radius 3 is 1.77 bits per heavy atom. The number of Topliss-reactive ketones (excluding diaryl/α,β-unsaturated/α-hetero) is 3. The predicted octanol–water partition coefficient (Wildman–Crippen LogP) is 8.80. The highest BCUT2D eigenvalue weighted by molar-refractivity contribution is 6.40. The first-order valence-corrected chi connectivity index (χ1v) is 14.0. The van der Waals surface area contributed by atoms with Crippen molar-refractivity contribution in [2.45, 2.75) is 0 Å². The predicted molar refractivity (Wildman–Crippen MR) is 171 cm³/mol. The van der Waals surface area contributed by atoms with Crippen LogP contribution in [0.25, 0.3) is 38.4 Å². The molecule has 1 N–H and O–H groups in total. The molecule has 5 aromatic rings. The summed E-state index contributed by atoms with van der Waals surface area (Å²) >= 11 is 0. The molecule has 0 unspecified atom stereocenters. The summed E-state index contributed by atoms with van der Waals surface area (Å²) in [6.45, 7) is 0. The van der Waals surface area contributed by atoms with Gasteiger partial charge in [0.15, 0.2) is 17.3 Å². The second-order valence-electron chi connectivity index (χ2n) is 10.5. The van der Waals surface area contributed by atoms with E-state index in [2.05, 4.69) is 0 Å². The number of rotatable bonds is 5. The average molecular weight is 557 g/mol. The summed E-state index contributed by atoms with van der Waals surface area (Å²) in [4.78, 5) is 39.4. The van der Waals surface area contributed by atoms with Gasteiger partial charge in [0.05, 0.1) is 11.1 Å². The first-order chi connectivity index (χ1) is 21.0. The van der Waals surface area contributed by atoms with Gasteiger partial charge in [-0.05, 0) is 57.5 Å². The van der Waals surface area contributed by atoms with Crippen molar-refractivity contribution in [3.8, 4) is 11.1 Å². The lowest BCUT2D eigenvalue weighted by Gasteiger charge is -2.13. The first kappa shape index (κ1) is 26.1. The second-order valence-corrected chi connectivity index (χ2v) is 10.5. The van der Waals surface area contributed by atoms with Crippen LogP contribution in [0.3, 0.4) is 0 Å². The normalized spacial score (nSPS) is 14.8. The van der Waals surface area contributed by atoms with Gasteiger partial charge < -0.3 is 5.11 Å². The third kappa shape index (κ3) is 4.37. The van der Waals surface area contributed by atoms with Gasteiger partial charge in [-0.3, -0.25) is 14.4 Å². The van der Waals surface area contributed by atoms with Gasteiger partial charge in [-0.15, -0.1) is 0 Å². The summed E-state index contributed by atoms with van der Waals surface area (Å²) in [6.07, 6.45) is 11.6. The van der Waals surface area contributed by atoms with Crippen LogP contribution in [0.1, 0.15) is 36.6 Å². The molecule has 0 aliphatic heterocycles. The van der Waals surface area contributed by atoms with Crippen molar-refractivity contribution in [1.29, 1.82) is 0 Å². The van der Waals surface area contributed by atoms with E-state index in [4.69, 9.17) is 0 Å². The molecule has 5 aromatic carbocycles. The number of ketones is 3. The van der Waals surface area contributed by atoms with Crippen molar-refractivity contribution in [1.82, 2.24) is 0 Å². The van der Waals surface area contributed by atoms with E-state index >= 15 is 0 Å². The van der Waals surface area contributed by atoms with Crippen LogP contribution >= 0.6 is 0 Å². The molecular weight excluding hydrogens is 532 g/mol. The average Bonchev–Trinajstić information content (AvgIpc) is 3.41. The van der Waals surface area contributed by atoms with Crippen LogP contribution in [-0.4, -0.2) is 22.5 Å². The summed E-state index contributed by atoms with van der Waals surface area (Å²) in [6, 6.07) is 30.7. The number of hydrogen-bond donors (Lipinski definition) is 1. The molecule has 43 heavy (non-hydrogen) atoms. The molecule has 0 saturated carbocycles. The Hall–Kier alpha value is -5.87. The Morgan fingerprint density at radius 2 is 1.07 bits per heavy atom. The minimum absolute atomic E-state index is 0.0432. The summed E-state index contributed by atoms with van der Waals surface area (Å²) in [5.74, 6) is -0.821. The van der Waals surface area contributed by atoms with E-state index in [1.807, 2.05) is 84.9 Å². The number of aliphatic hydroxyl groups excluding tert-OH is 1. The minimum Gasteiger partial charge on any atom is -0.507 e. The molecule has 2 aliphatic rings. The molecule has 0 saturated heterocycles. The lowest BCUT2D eigenvalue weighted by Crippen LogP contribution is -2.01. The number of carbonyl (C=O) groups excluding carboxylic acids is 3. The fraction of sp³-hybridized carbons (Fsp3) is 0. The van der Waals surface area contributed by atoms with E-state index in [-0.39, 0.29) is 34.3 Å². The highest BCUT2D eigenvalue weighted by Crippen LogP contribution is 2.42. The third-order valence-electron chi connectivity index (χ3n) is 7.93. The molecule has 0 spiro atoms. The maximum atomic E-state index is 13.6. The summed E-state index contributed by atoms with van der Waals surface area (Å²) < 4.78 is 0. The molecule has 7 rings (SSSR count). The van der Waals surface area contributed by atoms with Gasteiger partial charge in [-0.1, -0.05) is 109 Å².